The molecule has 1 atom stereocenters. The first-order valence-electron chi connectivity index (χ1n) is 9.24. The van der Waals surface area contributed by atoms with E-state index < -0.39 is 0 Å². The van der Waals surface area contributed by atoms with Crippen LogP contribution < -0.4 is 11.2 Å². The molecule has 8 heteroatoms. The van der Waals surface area contributed by atoms with Gasteiger partial charge >= 0.3 is 5.69 Å². The molecule has 1 saturated heterocycles. The minimum Gasteiger partial charge on any atom is -0.313 e. The number of hydrogen-bond acceptors (Lipinski definition) is 4. The van der Waals surface area contributed by atoms with Gasteiger partial charge in [-0.25, -0.2) is 4.79 Å². The van der Waals surface area contributed by atoms with Crippen LogP contribution in [-0.2, 0) is 20.6 Å². The molecule has 4 heterocycles. The highest BCUT2D eigenvalue weighted by Crippen LogP contribution is 2.18. The number of piperidine rings is 1. The average molecular weight is 358 g/mol. The van der Waals surface area contributed by atoms with Gasteiger partial charge < -0.3 is 9.47 Å². The van der Waals surface area contributed by atoms with Gasteiger partial charge in [-0.3, -0.25) is 18.3 Å². The quantitative estimate of drug-likeness (QED) is 0.692. The molecule has 1 fully saturated rings. The zero-order valence-corrected chi connectivity index (χ0v) is 15.9. The van der Waals surface area contributed by atoms with Gasteiger partial charge in [0, 0.05) is 45.6 Å². The van der Waals surface area contributed by atoms with Crippen LogP contribution in [0.25, 0.3) is 16.9 Å². The first kappa shape index (κ1) is 17.1. The van der Waals surface area contributed by atoms with Crippen LogP contribution in [-0.4, -0.2) is 47.6 Å². The molecule has 3 aromatic heterocycles. The fourth-order valence-electron chi connectivity index (χ4n) is 4.14. The van der Waals surface area contributed by atoms with Gasteiger partial charge in [0.1, 0.15) is 0 Å². The third-order valence-electron chi connectivity index (χ3n) is 5.64. The fourth-order valence-corrected chi connectivity index (χ4v) is 4.14. The van der Waals surface area contributed by atoms with Crippen LogP contribution in [0.4, 0.5) is 0 Å². The maximum Gasteiger partial charge on any atom is 0.332 e. The van der Waals surface area contributed by atoms with Crippen molar-refractivity contribution in [1.82, 2.24) is 28.0 Å². The van der Waals surface area contributed by atoms with Crippen molar-refractivity contribution in [2.24, 2.45) is 20.0 Å². The van der Waals surface area contributed by atoms with Crippen LogP contribution in [0.5, 0.6) is 0 Å². The van der Waals surface area contributed by atoms with Gasteiger partial charge in [0.15, 0.2) is 11.2 Å². The van der Waals surface area contributed by atoms with Gasteiger partial charge in [0.2, 0.25) is 5.78 Å². The molecule has 0 amide bonds. The number of fused-ring (bicyclic) bond motifs is 3. The SMILES string of the molecule is Cc1cn2c3c(=O)n(C)c(=O)n(C)c3nc2n1CCN1CCCC(C)C1. The van der Waals surface area contributed by atoms with E-state index in [9.17, 15) is 9.59 Å². The second-order valence-electron chi connectivity index (χ2n) is 7.63. The third kappa shape index (κ3) is 2.51. The number of hydrogen-bond donors (Lipinski definition) is 0. The van der Waals surface area contributed by atoms with E-state index >= 15 is 0 Å². The summed E-state index contributed by atoms with van der Waals surface area (Å²) >= 11 is 0. The first-order chi connectivity index (χ1) is 12.4. The Morgan fingerprint density at radius 2 is 1.96 bits per heavy atom. The Balaban J connectivity index is 1.77. The van der Waals surface area contributed by atoms with Crippen molar-refractivity contribution in [2.45, 2.75) is 33.2 Å². The minimum atomic E-state index is -0.353. The number of aryl methyl sites for hydroxylation is 2. The Kier molecular flexibility index (Phi) is 4.02. The smallest absolute Gasteiger partial charge is 0.313 e. The Hall–Kier alpha value is -2.35. The van der Waals surface area contributed by atoms with Gasteiger partial charge in [-0.15, -0.1) is 0 Å². The number of aromatic nitrogens is 5. The molecule has 4 rings (SSSR count). The highest BCUT2D eigenvalue weighted by molar-refractivity contribution is 5.75. The van der Waals surface area contributed by atoms with E-state index in [1.807, 2.05) is 17.5 Å². The molecular weight excluding hydrogens is 332 g/mol. The summed E-state index contributed by atoms with van der Waals surface area (Å²) in [6.45, 7) is 8.42. The van der Waals surface area contributed by atoms with Crippen molar-refractivity contribution in [3.8, 4) is 0 Å². The van der Waals surface area contributed by atoms with Crippen molar-refractivity contribution >= 4 is 16.9 Å². The zero-order chi connectivity index (χ0) is 18.6. The third-order valence-corrected chi connectivity index (χ3v) is 5.64. The Morgan fingerprint density at radius 1 is 1.19 bits per heavy atom. The number of imidazole rings is 2. The molecule has 140 valence electrons. The zero-order valence-electron chi connectivity index (χ0n) is 15.9. The monoisotopic (exact) mass is 358 g/mol. The van der Waals surface area contributed by atoms with E-state index in [1.165, 1.54) is 24.5 Å². The molecule has 0 bridgehead atoms. The second-order valence-corrected chi connectivity index (χ2v) is 7.63. The summed E-state index contributed by atoms with van der Waals surface area (Å²) in [5, 5.41) is 0. The largest absolute Gasteiger partial charge is 0.332 e. The summed E-state index contributed by atoms with van der Waals surface area (Å²) in [4.78, 5) is 31.9. The van der Waals surface area contributed by atoms with Crippen molar-refractivity contribution in [1.29, 1.82) is 0 Å². The van der Waals surface area contributed by atoms with Crippen LogP contribution in [0.3, 0.4) is 0 Å². The molecule has 0 aromatic carbocycles. The van der Waals surface area contributed by atoms with Crippen molar-refractivity contribution in [3.63, 3.8) is 0 Å². The number of nitrogens with zero attached hydrogens (tertiary/aromatic N) is 6. The number of rotatable bonds is 3. The molecule has 0 saturated carbocycles. The van der Waals surface area contributed by atoms with Gasteiger partial charge in [-0.05, 0) is 32.2 Å². The minimum absolute atomic E-state index is 0.308. The first-order valence-corrected chi connectivity index (χ1v) is 9.24. The van der Waals surface area contributed by atoms with E-state index in [1.54, 1.807) is 7.05 Å². The molecular formula is C18H26N6O2. The molecule has 1 aliphatic rings. The summed E-state index contributed by atoms with van der Waals surface area (Å²) in [6.07, 6.45) is 4.51. The molecule has 1 unspecified atom stereocenters. The van der Waals surface area contributed by atoms with Gasteiger partial charge in [-0.2, -0.15) is 4.98 Å². The lowest BCUT2D eigenvalue weighted by molar-refractivity contribution is 0.178. The lowest BCUT2D eigenvalue weighted by atomic mass is 10.0. The number of likely N-dealkylation sites (tertiary alicyclic amines) is 1. The van der Waals surface area contributed by atoms with Crippen molar-refractivity contribution in [3.05, 3.63) is 32.7 Å². The molecule has 8 nitrogen and oxygen atoms in total. The van der Waals surface area contributed by atoms with E-state index in [4.69, 9.17) is 0 Å². The second kappa shape index (κ2) is 6.12. The highest BCUT2D eigenvalue weighted by Gasteiger charge is 2.20. The van der Waals surface area contributed by atoms with Crippen LogP contribution >= 0.6 is 0 Å². The molecule has 0 spiro atoms. The van der Waals surface area contributed by atoms with Crippen LogP contribution in [0.2, 0.25) is 0 Å². The van der Waals surface area contributed by atoms with Crippen molar-refractivity contribution < 1.29 is 0 Å². The average Bonchev–Trinajstić information content (AvgIpc) is 3.11. The lowest BCUT2D eigenvalue weighted by Crippen LogP contribution is -2.37. The van der Waals surface area contributed by atoms with Crippen LogP contribution in [0, 0.1) is 12.8 Å². The van der Waals surface area contributed by atoms with Crippen LogP contribution in [0.15, 0.2) is 15.8 Å². The standard InChI is InChI=1S/C18H26N6O2/c1-12-6-5-7-22(10-12)8-9-23-13(2)11-24-14-15(19-17(23)24)20(3)18(26)21(4)16(14)25/h11-12H,5-10H2,1-4H3. The molecule has 3 aromatic rings. The normalized spacial score (nSPS) is 19.0. The maximum atomic E-state index is 12.6. The highest BCUT2D eigenvalue weighted by atomic mass is 16.2. The van der Waals surface area contributed by atoms with Gasteiger partial charge in [0.25, 0.3) is 5.56 Å². The summed E-state index contributed by atoms with van der Waals surface area (Å²) in [5.74, 6) is 1.47. The van der Waals surface area contributed by atoms with E-state index in [0.29, 0.717) is 11.2 Å². The van der Waals surface area contributed by atoms with E-state index in [-0.39, 0.29) is 11.2 Å². The maximum absolute atomic E-state index is 12.6. The lowest BCUT2D eigenvalue weighted by Gasteiger charge is -2.30. The molecule has 0 radical (unpaired) electrons. The summed E-state index contributed by atoms with van der Waals surface area (Å²) in [7, 11) is 3.16. The predicted octanol–water partition coefficient (Wildman–Crippen LogP) is 0.727. The van der Waals surface area contributed by atoms with Gasteiger partial charge in [0.05, 0.1) is 0 Å². The Morgan fingerprint density at radius 3 is 2.69 bits per heavy atom. The summed E-state index contributed by atoms with van der Waals surface area (Å²) in [5.41, 5.74) is 1.30. The van der Waals surface area contributed by atoms with Gasteiger partial charge in [-0.1, -0.05) is 6.92 Å². The summed E-state index contributed by atoms with van der Waals surface area (Å²) in [6, 6.07) is 0. The van der Waals surface area contributed by atoms with Crippen LogP contribution in [0.1, 0.15) is 25.5 Å². The summed E-state index contributed by atoms with van der Waals surface area (Å²) < 4.78 is 6.54. The molecule has 0 N–H and O–H groups in total. The topological polar surface area (TPSA) is 69.5 Å². The fraction of sp³-hybridized carbons (Fsp3) is 0.611. The van der Waals surface area contributed by atoms with E-state index in [2.05, 4.69) is 21.4 Å². The molecule has 26 heavy (non-hydrogen) atoms. The molecule has 1 aliphatic heterocycles. The van der Waals surface area contributed by atoms with E-state index in [0.717, 1.165) is 48.1 Å². The molecule has 0 aliphatic carbocycles. The Labute approximate surface area is 151 Å². The van der Waals surface area contributed by atoms with Crippen molar-refractivity contribution in [2.75, 3.05) is 19.6 Å². The Bertz CT molecular complexity index is 1100. The predicted molar refractivity (Wildman–Crippen MR) is 101 cm³/mol.